The Bertz CT molecular complexity index is 917. The summed E-state index contributed by atoms with van der Waals surface area (Å²) in [4.78, 5) is 35.5. The van der Waals surface area contributed by atoms with Crippen LogP contribution in [0.15, 0.2) is 28.8 Å². The van der Waals surface area contributed by atoms with Gasteiger partial charge in [0.05, 0.1) is 13.7 Å². The van der Waals surface area contributed by atoms with E-state index < -0.39 is 0 Å². The molecular formula is C23H31N5O4. The number of amides is 2. The lowest BCUT2D eigenvalue weighted by Gasteiger charge is -2.34. The first-order valence-electron chi connectivity index (χ1n) is 11.4. The van der Waals surface area contributed by atoms with Gasteiger partial charge in [0.15, 0.2) is 5.82 Å². The first-order chi connectivity index (χ1) is 15.6. The van der Waals surface area contributed by atoms with Crippen molar-refractivity contribution in [2.24, 2.45) is 0 Å². The molecule has 0 atom stereocenters. The molecule has 3 heterocycles. The number of rotatable bonds is 7. The number of hydrogen-bond acceptors (Lipinski definition) is 7. The van der Waals surface area contributed by atoms with Crippen molar-refractivity contribution in [3.05, 3.63) is 41.5 Å². The van der Waals surface area contributed by atoms with E-state index >= 15 is 0 Å². The van der Waals surface area contributed by atoms with Crippen LogP contribution in [0.1, 0.15) is 47.8 Å². The average Bonchev–Trinajstić information content (AvgIpc) is 3.30. The van der Waals surface area contributed by atoms with Gasteiger partial charge in [-0.2, -0.15) is 4.98 Å². The molecule has 0 spiro atoms. The zero-order valence-electron chi connectivity index (χ0n) is 18.7. The van der Waals surface area contributed by atoms with Crippen LogP contribution >= 0.6 is 0 Å². The van der Waals surface area contributed by atoms with E-state index in [-0.39, 0.29) is 11.8 Å². The summed E-state index contributed by atoms with van der Waals surface area (Å²) in [5.74, 6) is 2.00. The number of carbonyl (C=O) groups is 2. The molecule has 2 aromatic rings. The Morgan fingerprint density at radius 3 is 2.56 bits per heavy atom. The van der Waals surface area contributed by atoms with E-state index in [4.69, 9.17) is 9.26 Å². The van der Waals surface area contributed by atoms with Gasteiger partial charge in [-0.15, -0.1) is 0 Å². The maximum Gasteiger partial charge on any atom is 0.254 e. The predicted molar refractivity (Wildman–Crippen MR) is 117 cm³/mol. The molecule has 32 heavy (non-hydrogen) atoms. The Hall–Kier alpha value is -2.94. The number of aryl methyl sites for hydroxylation is 1. The van der Waals surface area contributed by atoms with Crippen LogP contribution < -0.4 is 4.74 Å². The molecule has 172 valence electrons. The molecule has 0 aliphatic carbocycles. The second-order valence-electron chi connectivity index (χ2n) is 8.35. The number of benzene rings is 1. The van der Waals surface area contributed by atoms with Gasteiger partial charge >= 0.3 is 0 Å². The Kier molecular flexibility index (Phi) is 7.36. The molecule has 4 rings (SSSR count). The van der Waals surface area contributed by atoms with Crippen molar-refractivity contribution in [3.8, 4) is 5.75 Å². The fourth-order valence-corrected chi connectivity index (χ4v) is 4.22. The third kappa shape index (κ3) is 5.64. The first kappa shape index (κ1) is 22.3. The summed E-state index contributed by atoms with van der Waals surface area (Å²) in [6.45, 7) is 5.07. The molecule has 1 aromatic carbocycles. The van der Waals surface area contributed by atoms with Crippen LogP contribution in [0.4, 0.5) is 0 Å². The summed E-state index contributed by atoms with van der Waals surface area (Å²) >= 11 is 0. The summed E-state index contributed by atoms with van der Waals surface area (Å²) in [5, 5.41) is 4.07. The number of aromatic nitrogens is 2. The fourth-order valence-electron chi connectivity index (χ4n) is 4.22. The van der Waals surface area contributed by atoms with Gasteiger partial charge in [0.25, 0.3) is 5.91 Å². The van der Waals surface area contributed by atoms with Crippen molar-refractivity contribution >= 4 is 11.8 Å². The topological polar surface area (TPSA) is 92.0 Å². The highest BCUT2D eigenvalue weighted by Crippen LogP contribution is 2.16. The molecule has 0 bridgehead atoms. The van der Waals surface area contributed by atoms with Gasteiger partial charge < -0.3 is 19.1 Å². The van der Waals surface area contributed by atoms with E-state index in [1.165, 1.54) is 6.42 Å². The first-order valence-corrected chi connectivity index (χ1v) is 11.4. The van der Waals surface area contributed by atoms with Crippen LogP contribution in [-0.2, 0) is 17.8 Å². The predicted octanol–water partition coefficient (Wildman–Crippen LogP) is 1.98. The summed E-state index contributed by atoms with van der Waals surface area (Å²) < 4.78 is 10.6. The molecule has 2 fully saturated rings. The Balaban J connectivity index is 1.22. The van der Waals surface area contributed by atoms with Crippen molar-refractivity contribution < 1.29 is 18.8 Å². The molecule has 9 nitrogen and oxygen atoms in total. The van der Waals surface area contributed by atoms with Crippen LogP contribution in [0, 0.1) is 0 Å². The molecule has 0 N–H and O–H groups in total. The lowest BCUT2D eigenvalue weighted by atomic mass is 10.1. The Labute approximate surface area is 188 Å². The molecule has 2 saturated heterocycles. The van der Waals surface area contributed by atoms with Crippen LogP contribution in [0.5, 0.6) is 5.75 Å². The summed E-state index contributed by atoms with van der Waals surface area (Å²) in [6.07, 6.45) is 4.28. The third-order valence-corrected chi connectivity index (χ3v) is 6.11. The molecule has 0 radical (unpaired) electrons. The van der Waals surface area contributed by atoms with Gasteiger partial charge in [-0.25, -0.2) is 0 Å². The highest BCUT2D eigenvalue weighted by atomic mass is 16.5. The number of piperidine rings is 1. The van der Waals surface area contributed by atoms with Gasteiger partial charge in [-0.3, -0.25) is 14.5 Å². The van der Waals surface area contributed by atoms with Crippen molar-refractivity contribution in [2.45, 2.75) is 38.6 Å². The smallest absolute Gasteiger partial charge is 0.254 e. The van der Waals surface area contributed by atoms with Crippen LogP contribution in [-0.4, -0.2) is 83.0 Å². The van der Waals surface area contributed by atoms with E-state index in [0.717, 1.165) is 39.0 Å². The minimum atomic E-state index is 0.0174. The number of nitrogens with zero attached hydrogens (tertiary/aromatic N) is 5. The lowest BCUT2D eigenvalue weighted by molar-refractivity contribution is -0.132. The van der Waals surface area contributed by atoms with E-state index in [2.05, 4.69) is 15.0 Å². The van der Waals surface area contributed by atoms with Gasteiger partial charge in [-0.1, -0.05) is 11.2 Å². The molecule has 2 amide bonds. The zero-order chi connectivity index (χ0) is 22.3. The summed E-state index contributed by atoms with van der Waals surface area (Å²) in [6, 6.07) is 7.24. The number of likely N-dealkylation sites (tertiary alicyclic amines) is 1. The minimum absolute atomic E-state index is 0.0174. The number of methoxy groups -OCH3 is 1. The normalized spacial score (nSPS) is 17.4. The molecular weight excluding hydrogens is 410 g/mol. The van der Waals surface area contributed by atoms with E-state index in [0.29, 0.717) is 55.5 Å². The minimum Gasteiger partial charge on any atom is -0.497 e. The third-order valence-electron chi connectivity index (χ3n) is 6.11. The summed E-state index contributed by atoms with van der Waals surface area (Å²) in [7, 11) is 1.60. The average molecular weight is 442 g/mol. The lowest BCUT2D eigenvalue weighted by Crippen LogP contribution is -2.48. The maximum atomic E-state index is 12.8. The Morgan fingerprint density at radius 1 is 1.03 bits per heavy atom. The molecule has 1 aromatic heterocycles. The number of ether oxygens (including phenoxy) is 1. The van der Waals surface area contributed by atoms with E-state index in [9.17, 15) is 9.59 Å². The monoisotopic (exact) mass is 441 g/mol. The van der Waals surface area contributed by atoms with Crippen molar-refractivity contribution in [1.82, 2.24) is 24.8 Å². The van der Waals surface area contributed by atoms with Gasteiger partial charge in [-0.05, 0) is 37.5 Å². The van der Waals surface area contributed by atoms with E-state index in [1.807, 2.05) is 28.0 Å². The number of hydrogen-bond donors (Lipinski definition) is 0. The van der Waals surface area contributed by atoms with Crippen molar-refractivity contribution in [2.75, 3.05) is 46.4 Å². The van der Waals surface area contributed by atoms with Crippen LogP contribution in [0.2, 0.25) is 0 Å². The van der Waals surface area contributed by atoms with Crippen LogP contribution in [0.25, 0.3) is 0 Å². The van der Waals surface area contributed by atoms with Gasteiger partial charge in [0, 0.05) is 57.7 Å². The standard InChI is InChI=1S/C23H31N5O4/c1-31-19-7-5-6-18(16-19)23(30)28-14-12-26(13-15-28)17-20-24-21(32-25-20)8-9-22(29)27-10-3-2-4-11-27/h5-7,16H,2-4,8-15,17H2,1H3. The van der Waals surface area contributed by atoms with Crippen LogP contribution in [0.3, 0.4) is 0 Å². The van der Waals surface area contributed by atoms with Gasteiger partial charge in [0.1, 0.15) is 5.75 Å². The second-order valence-corrected chi connectivity index (χ2v) is 8.35. The zero-order valence-corrected chi connectivity index (χ0v) is 18.7. The highest BCUT2D eigenvalue weighted by Gasteiger charge is 2.24. The SMILES string of the molecule is COc1cccc(C(=O)N2CCN(Cc3noc(CCC(=O)N4CCCCC4)n3)CC2)c1. The molecule has 0 saturated carbocycles. The van der Waals surface area contributed by atoms with Crippen molar-refractivity contribution in [3.63, 3.8) is 0 Å². The molecule has 0 unspecified atom stereocenters. The maximum absolute atomic E-state index is 12.8. The number of carbonyl (C=O) groups excluding carboxylic acids is 2. The summed E-state index contributed by atoms with van der Waals surface area (Å²) in [5.41, 5.74) is 0.639. The largest absolute Gasteiger partial charge is 0.497 e. The Morgan fingerprint density at radius 2 is 1.81 bits per heavy atom. The molecule has 9 heteroatoms. The quantitative estimate of drug-likeness (QED) is 0.649. The molecule has 2 aliphatic heterocycles. The highest BCUT2D eigenvalue weighted by molar-refractivity contribution is 5.94. The number of piperazine rings is 1. The van der Waals surface area contributed by atoms with E-state index in [1.54, 1.807) is 13.2 Å². The second kappa shape index (κ2) is 10.6. The van der Waals surface area contributed by atoms with Crippen molar-refractivity contribution in [1.29, 1.82) is 0 Å². The molecule has 2 aliphatic rings. The fraction of sp³-hybridized carbons (Fsp3) is 0.565. The van der Waals surface area contributed by atoms with Gasteiger partial charge in [0.2, 0.25) is 11.8 Å².